The van der Waals surface area contributed by atoms with Gasteiger partial charge in [-0.2, -0.15) is 31.6 Å². The molecule has 1 aromatic heterocycles. The molecule has 0 aliphatic heterocycles. The molecule has 0 fully saturated rings. The number of hydrogen-bond donors (Lipinski definition) is 0. The van der Waals surface area contributed by atoms with Gasteiger partial charge in [0.05, 0.1) is 23.4 Å². The van der Waals surface area contributed by atoms with E-state index >= 15 is 0 Å². The molecule has 0 unspecified atom stereocenters. The number of thioether (sulfide) groups is 1. The Balaban J connectivity index is 1.88. The lowest BCUT2D eigenvalue weighted by molar-refractivity contribution is -0.140. The molecular formula is C28H16F8N2OS. The highest BCUT2D eigenvalue weighted by Crippen LogP contribution is 2.39. The second-order valence-corrected chi connectivity index (χ2v) is 9.39. The molecule has 0 bridgehead atoms. The molecular weight excluding hydrogens is 564 g/mol. The minimum atomic E-state index is -5.08. The highest BCUT2D eigenvalue weighted by Gasteiger charge is 2.37. The maximum atomic E-state index is 14.4. The summed E-state index contributed by atoms with van der Waals surface area (Å²) in [6.07, 6.45) is -8.19. The Morgan fingerprint density at radius 3 is 1.95 bits per heavy atom. The smallest absolute Gasteiger partial charge is 0.303 e. The minimum Gasteiger partial charge on any atom is -0.303 e. The van der Waals surface area contributed by atoms with Gasteiger partial charge < -0.3 is 4.57 Å². The molecule has 0 aliphatic carbocycles. The molecule has 0 saturated carbocycles. The molecule has 0 amide bonds. The summed E-state index contributed by atoms with van der Waals surface area (Å²) in [5.74, 6) is -1.96. The lowest BCUT2D eigenvalue weighted by Gasteiger charge is -2.18. The fourth-order valence-electron chi connectivity index (χ4n) is 4.14. The topological polar surface area (TPSA) is 45.8 Å². The fourth-order valence-corrected chi connectivity index (χ4v) is 4.74. The quantitative estimate of drug-likeness (QED) is 0.177. The number of pyridine rings is 1. The third-order valence-electron chi connectivity index (χ3n) is 6.08. The summed E-state index contributed by atoms with van der Waals surface area (Å²) in [7, 11) is 0. The second-order valence-electron chi connectivity index (χ2n) is 8.55. The SMILES string of the molecule is CSc1ccc(-c2ccc(-c3cc(C(F)(F)F)c(C#N)c(=O)n3Cc3ccc(F)cc3F)cc2)cc1C(F)(F)F. The first-order valence-electron chi connectivity index (χ1n) is 11.3. The highest BCUT2D eigenvalue weighted by molar-refractivity contribution is 7.98. The zero-order chi connectivity index (χ0) is 29.4. The molecule has 4 aromatic rings. The zero-order valence-electron chi connectivity index (χ0n) is 20.3. The van der Waals surface area contributed by atoms with Crippen LogP contribution in [-0.4, -0.2) is 10.8 Å². The van der Waals surface area contributed by atoms with Gasteiger partial charge in [0.2, 0.25) is 0 Å². The number of benzene rings is 3. The Kier molecular flexibility index (Phi) is 7.81. The number of hydrogen-bond acceptors (Lipinski definition) is 3. The molecule has 0 radical (unpaired) electrons. The van der Waals surface area contributed by atoms with E-state index in [2.05, 4.69) is 0 Å². The number of halogens is 8. The Bertz CT molecular complexity index is 1680. The van der Waals surface area contributed by atoms with Gasteiger partial charge in [0.15, 0.2) is 0 Å². The predicted octanol–water partition coefficient (Wildman–Crippen LogP) is 8.14. The first kappa shape index (κ1) is 28.9. The third-order valence-corrected chi connectivity index (χ3v) is 6.88. The van der Waals surface area contributed by atoms with Gasteiger partial charge in [-0.1, -0.05) is 36.4 Å². The number of aromatic nitrogens is 1. The van der Waals surface area contributed by atoms with Crippen molar-refractivity contribution in [1.82, 2.24) is 4.57 Å². The van der Waals surface area contributed by atoms with Crippen LogP contribution in [0, 0.1) is 23.0 Å². The van der Waals surface area contributed by atoms with E-state index < -0.39 is 52.8 Å². The zero-order valence-corrected chi connectivity index (χ0v) is 21.1. The van der Waals surface area contributed by atoms with Crippen LogP contribution in [0.2, 0.25) is 0 Å². The van der Waals surface area contributed by atoms with Crippen molar-refractivity contribution in [2.24, 2.45) is 0 Å². The minimum absolute atomic E-state index is 0.0159. The highest BCUT2D eigenvalue weighted by atomic mass is 32.2. The normalized spacial score (nSPS) is 11.9. The molecule has 0 N–H and O–H groups in total. The van der Waals surface area contributed by atoms with Crippen molar-refractivity contribution < 1.29 is 35.1 Å². The van der Waals surface area contributed by atoms with Gasteiger partial charge >= 0.3 is 12.4 Å². The second kappa shape index (κ2) is 10.8. The van der Waals surface area contributed by atoms with E-state index in [-0.39, 0.29) is 27.3 Å². The van der Waals surface area contributed by atoms with E-state index in [4.69, 9.17) is 0 Å². The number of rotatable bonds is 5. The van der Waals surface area contributed by atoms with Crippen LogP contribution in [0.25, 0.3) is 22.4 Å². The molecule has 3 aromatic carbocycles. The fraction of sp³-hybridized carbons (Fsp3) is 0.143. The number of alkyl halides is 6. The predicted molar refractivity (Wildman–Crippen MR) is 134 cm³/mol. The van der Waals surface area contributed by atoms with Crippen LogP contribution in [0.4, 0.5) is 35.1 Å². The summed E-state index contributed by atoms with van der Waals surface area (Å²) in [5.41, 5.74) is -4.92. The van der Waals surface area contributed by atoms with Crippen molar-refractivity contribution in [2.45, 2.75) is 23.8 Å². The van der Waals surface area contributed by atoms with Crippen molar-refractivity contribution in [3.05, 3.63) is 111 Å². The average Bonchev–Trinajstić information content (AvgIpc) is 2.89. The van der Waals surface area contributed by atoms with Crippen molar-refractivity contribution in [1.29, 1.82) is 5.26 Å². The van der Waals surface area contributed by atoms with Gasteiger partial charge in [0.25, 0.3) is 5.56 Å². The van der Waals surface area contributed by atoms with Crippen molar-refractivity contribution >= 4 is 11.8 Å². The van der Waals surface area contributed by atoms with Crippen LogP contribution in [0.1, 0.15) is 22.3 Å². The van der Waals surface area contributed by atoms with Crippen molar-refractivity contribution in [2.75, 3.05) is 6.26 Å². The molecule has 0 aliphatic rings. The molecule has 40 heavy (non-hydrogen) atoms. The Morgan fingerprint density at radius 2 is 1.40 bits per heavy atom. The van der Waals surface area contributed by atoms with Crippen molar-refractivity contribution in [3.8, 4) is 28.5 Å². The molecule has 0 saturated heterocycles. The molecule has 206 valence electrons. The van der Waals surface area contributed by atoms with Crippen LogP contribution < -0.4 is 5.56 Å². The number of nitriles is 1. The Labute approximate surface area is 226 Å². The maximum absolute atomic E-state index is 14.4. The monoisotopic (exact) mass is 580 g/mol. The van der Waals surface area contributed by atoms with Crippen molar-refractivity contribution in [3.63, 3.8) is 0 Å². The van der Waals surface area contributed by atoms with Gasteiger partial charge in [-0.05, 0) is 47.2 Å². The largest absolute Gasteiger partial charge is 0.417 e. The summed E-state index contributed by atoms with van der Waals surface area (Å²) in [6, 6.07) is 13.3. The molecule has 12 heteroatoms. The van der Waals surface area contributed by atoms with Gasteiger partial charge in [-0.3, -0.25) is 4.79 Å². The van der Waals surface area contributed by atoms with Crippen LogP contribution >= 0.6 is 11.8 Å². The van der Waals surface area contributed by atoms with E-state index in [1.54, 1.807) is 0 Å². The first-order chi connectivity index (χ1) is 18.7. The lowest BCUT2D eigenvalue weighted by Crippen LogP contribution is -2.29. The average molecular weight is 581 g/mol. The van der Waals surface area contributed by atoms with Crippen LogP contribution in [0.5, 0.6) is 0 Å². The van der Waals surface area contributed by atoms with E-state index in [9.17, 15) is 45.2 Å². The van der Waals surface area contributed by atoms with Gasteiger partial charge in [-0.15, -0.1) is 11.8 Å². The summed E-state index contributed by atoms with van der Waals surface area (Å²) < 4.78 is 110. The van der Waals surface area contributed by atoms with Crippen LogP contribution in [-0.2, 0) is 18.9 Å². The first-order valence-corrected chi connectivity index (χ1v) is 12.5. The van der Waals surface area contributed by atoms with E-state index in [1.807, 2.05) is 0 Å². The number of nitrogens with zero attached hydrogens (tertiary/aromatic N) is 2. The summed E-state index contributed by atoms with van der Waals surface area (Å²) >= 11 is 0.923. The van der Waals surface area contributed by atoms with E-state index in [0.29, 0.717) is 17.7 Å². The van der Waals surface area contributed by atoms with E-state index in [1.165, 1.54) is 48.7 Å². The molecule has 4 rings (SSSR count). The Hall–Kier alpha value is -4.11. The molecule has 0 atom stereocenters. The lowest BCUT2D eigenvalue weighted by atomic mass is 9.99. The van der Waals surface area contributed by atoms with Crippen LogP contribution in [0.3, 0.4) is 0 Å². The van der Waals surface area contributed by atoms with Crippen LogP contribution in [0.15, 0.2) is 76.4 Å². The molecule has 1 heterocycles. The van der Waals surface area contributed by atoms with Gasteiger partial charge in [0.1, 0.15) is 23.3 Å². The van der Waals surface area contributed by atoms with Gasteiger partial charge in [-0.25, -0.2) is 8.78 Å². The van der Waals surface area contributed by atoms with Gasteiger partial charge in [0, 0.05) is 16.5 Å². The molecule has 3 nitrogen and oxygen atoms in total. The summed E-state index contributed by atoms with van der Waals surface area (Å²) in [6.45, 7) is -0.625. The Morgan fingerprint density at radius 1 is 0.800 bits per heavy atom. The van der Waals surface area contributed by atoms with E-state index in [0.717, 1.165) is 34.5 Å². The molecule has 0 spiro atoms. The summed E-state index contributed by atoms with van der Waals surface area (Å²) in [5, 5.41) is 9.32. The summed E-state index contributed by atoms with van der Waals surface area (Å²) in [4.78, 5) is 13.1. The standard InChI is InChI=1S/C28H16F8N2OS/c1-40-25-9-7-17(10-22(25)28(34,35)36)15-2-4-16(5-3-15)24-12-21(27(31,32)33)20(13-37)26(39)38(24)14-18-6-8-19(29)11-23(18)30/h2-12H,14H2,1H3. The maximum Gasteiger partial charge on any atom is 0.417 e. The third kappa shape index (κ3) is 5.74.